The molecule has 182 valence electrons. The minimum Gasteiger partial charge on any atom is -0.497 e. The Bertz CT molecular complexity index is 1120. The lowest BCUT2D eigenvalue weighted by Crippen LogP contribution is -2.40. The van der Waals surface area contributed by atoms with Crippen molar-refractivity contribution in [3.8, 4) is 5.75 Å². The highest BCUT2D eigenvalue weighted by molar-refractivity contribution is 6.04. The van der Waals surface area contributed by atoms with Crippen LogP contribution in [0.15, 0.2) is 35.5 Å². The van der Waals surface area contributed by atoms with Gasteiger partial charge in [0.2, 0.25) is 17.8 Å². The van der Waals surface area contributed by atoms with Gasteiger partial charge < -0.3 is 9.72 Å². The minimum absolute atomic E-state index is 0.0224. The first-order chi connectivity index (χ1) is 16.4. The number of carbonyl (C=O) groups excluding carboxylic acids is 1. The number of methoxy groups -OCH3 is 1. The molecule has 3 rings (SSSR count). The maximum atomic E-state index is 13.0. The molecule has 34 heavy (non-hydrogen) atoms. The van der Waals surface area contributed by atoms with E-state index in [4.69, 9.17) is 4.74 Å². The number of unbranched alkanes of at least 4 members (excludes halogenated alkanes) is 1. The number of anilines is 1. The highest BCUT2D eigenvalue weighted by Gasteiger charge is 2.18. The first-order valence-corrected chi connectivity index (χ1v) is 12.0. The number of guanidine groups is 1. The number of carbonyl (C=O) groups is 1. The van der Waals surface area contributed by atoms with Crippen LogP contribution in [0.1, 0.15) is 56.5 Å². The van der Waals surface area contributed by atoms with Crippen molar-refractivity contribution < 1.29 is 9.53 Å². The zero-order chi connectivity index (χ0) is 24.5. The average Bonchev–Trinajstić information content (AvgIpc) is 3.21. The summed E-state index contributed by atoms with van der Waals surface area (Å²) in [5.74, 6) is 1.56. The number of hydrogen-bond acceptors (Lipinski definition) is 5. The molecule has 0 saturated heterocycles. The Kier molecular flexibility index (Phi) is 9.01. The Balaban J connectivity index is 1.77. The molecule has 8 heteroatoms. The highest BCUT2D eigenvalue weighted by Crippen LogP contribution is 2.23. The van der Waals surface area contributed by atoms with Crippen LogP contribution in [0.4, 0.5) is 5.95 Å². The summed E-state index contributed by atoms with van der Waals surface area (Å²) < 4.78 is 5.31. The highest BCUT2D eigenvalue weighted by atomic mass is 16.5. The molecule has 0 fully saturated rings. The minimum atomic E-state index is -0.0456. The lowest BCUT2D eigenvalue weighted by atomic mass is 9.98. The average molecular weight is 465 g/mol. The van der Waals surface area contributed by atoms with E-state index in [0.717, 1.165) is 59.3 Å². The summed E-state index contributed by atoms with van der Waals surface area (Å²) in [6.45, 7) is 8.51. The summed E-state index contributed by atoms with van der Waals surface area (Å²) in [6, 6.07) is 7.89. The molecule has 0 spiro atoms. The molecule has 8 nitrogen and oxygen atoms in total. The van der Waals surface area contributed by atoms with Crippen LogP contribution < -0.4 is 15.4 Å². The van der Waals surface area contributed by atoms with E-state index in [9.17, 15) is 4.79 Å². The summed E-state index contributed by atoms with van der Waals surface area (Å²) in [5, 5.41) is 7.26. The molecule has 0 saturated carbocycles. The van der Waals surface area contributed by atoms with Crippen LogP contribution in [0.3, 0.4) is 0 Å². The number of ether oxygens (including phenoxy) is 1. The molecule has 3 aromatic rings. The van der Waals surface area contributed by atoms with Crippen molar-refractivity contribution >= 4 is 28.7 Å². The van der Waals surface area contributed by atoms with E-state index in [2.05, 4.69) is 37.5 Å². The predicted octanol–water partition coefficient (Wildman–Crippen LogP) is 4.93. The summed E-state index contributed by atoms with van der Waals surface area (Å²) in [5.41, 5.74) is 3.88. The van der Waals surface area contributed by atoms with Crippen LogP contribution in [0.25, 0.3) is 10.9 Å². The van der Waals surface area contributed by atoms with Gasteiger partial charge in [0.05, 0.1) is 7.11 Å². The fraction of sp³-hybridized carbons (Fsp3) is 0.462. The van der Waals surface area contributed by atoms with Gasteiger partial charge >= 0.3 is 0 Å². The second kappa shape index (κ2) is 12.2. The van der Waals surface area contributed by atoms with Gasteiger partial charge in [0, 0.05) is 47.0 Å². The van der Waals surface area contributed by atoms with Gasteiger partial charge in [-0.2, -0.15) is 0 Å². The van der Waals surface area contributed by atoms with E-state index >= 15 is 0 Å². The van der Waals surface area contributed by atoms with E-state index in [1.165, 1.54) is 0 Å². The SMILES string of the molecule is CCCC[C@H](CC)C(=O)NC(=NCCc1c[nH]c2cc(OC)ccc12)Nc1nc(C)cc(C)n1. The van der Waals surface area contributed by atoms with Gasteiger partial charge in [-0.05, 0) is 56.9 Å². The largest absolute Gasteiger partial charge is 0.497 e. The van der Waals surface area contributed by atoms with Crippen LogP contribution in [-0.4, -0.2) is 40.5 Å². The second-order valence-electron chi connectivity index (χ2n) is 8.54. The van der Waals surface area contributed by atoms with E-state index in [0.29, 0.717) is 24.9 Å². The molecule has 1 amide bonds. The number of nitrogens with zero attached hydrogens (tertiary/aromatic N) is 3. The number of amides is 1. The molecule has 0 bridgehead atoms. The van der Waals surface area contributed by atoms with Crippen molar-refractivity contribution in [2.45, 2.75) is 59.8 Å². The van der Waals surface area contributed by atoms with Gasteiger partial charge in [-0.25, -0.2) is 9.97 Å². The molecule has 0 aliphatic rings. The number of hydrogen-bond donors (Lipinski definition) is 3. The summed E-state index contributed by atoms with van der Waals surface area (Å²) in [6.07, 6.45) is 6.46. The molecule has 1 atom stereocenters. The Hall–Kier alpha value is -3.42. The van der Waals surface area contributed by atoms with Crippen LogP contribution in [0, 0.1) is 19.8 Å². The summed E-state index contributed by atoms with van der Waals surface area (Å²) >= 11 is 0. The van der Waals surface area contributed by atoms with Gasteiger partial charge in [0.1, 0.15) is 5.75 Å². The second-order valence-corrected chi connectivity index (χ2v) is 8.54. The molecular formula is C26H36N6O2. The maximum absolute atomic E-state index is 13.0. The number of aromatic amines is 1. The number of rotatable bonds is 10. The van der Waals surface area contributed by atoms with Crippen LogP contribution in [0.5, 0.6) is 5.75 Å². The molecule has 0 unspecified atom stereocenters. The molecule has 0 aliphatic carbocycles. The van der Waals surface area contributed by atoms with Gasteiger partial charge in [0.15, 0.2) is 0 Å². The number of H-pyrrole nitrogens is 1. The van der Waals surface area contributed by atoms with E-state index in [1.54, 1.807) is 7.11 Å². The lowest BCUT2D eigenvalue weighted by Gasteiger charge is -2.16. The smallest absolute Gasteiger partial charge is 0.229 e. The third-order valence-electron chi connectivity index (χ3n) is 5.85. The van der Waals surface area contributed by atoms with Gasteiger partial charge in [-0.15, -0.1) is 0 Å². The van der Waals surface area contributed by atoms with Crippen molar-refractivity contribution in [2.75, 3.05) is 19.0 Å². The third kappa shape index (κ3) is 6.79. The first-order valence-electron chi connectivity index (χ1n) is 12.0. The van der Waals surface area contributed by atoms with Gasteiger partial charge in [-0.3, -0.25) is 20.4 Å². The Morgan fingerprint density at radius 3 is 2.62 bits per heavy atom. The van der Waals surface area contributed by atoms with Crippen molar-refractivity contribution in [1.82, 2.24) is 20.3 Å². The normalized spacial score (nSPS) is 12.6. The Labute approximate surface area is 201 Å². The fourth-order valence-corrected chi connectivity index (χ4v) is 3.98. The zero-order valence-electron chi connectivity index (χ0n) is 20.9. The number of aliphatic imine (C=N–C) groups is 1. The van der Waals surface area contributed by atoms with E-state index < -0.39 is 0 Å². The Morgan fingerprint density at radius 2 is 1.94 bits per heavy atom. The molecule has 2 heterocycles. The van der Waals surface area contributed by atoms with Crippen molar-refractivity contribution in [3.63, 3.8) is 0 Å². The van der Waals surface area contributed by atoms with Crippen LogP contribution in [0.2, 0.25) is 0 Å². The molecule has 3 N–H and O–H groups in total. The van der Waals surface area contributed by atoms with Crippen molar-refractivity contribution in [3.05, 3.63) is 47.4 Å². The number of fused-ring (bicyclic) bond motifs is 1. The first kappa shape index (κ1) is 25.2. The van der Waals surface area contributed by atoms with Crippen molar-refractivity contribution in [1.29, 1.82) is 0 Å². The third-order valence-corrected chi connectivity index (χ3v) is 5.85. The standard InChI is InChI=1S/C26H36N6O2/c1-6-8-9-19(7-2)24(33)31-25(32-26-29-17(3)14-18(4)30-26)27-13-12-20-16-28-23-15-21(34-5)10-11-22(20)23/h10-11,14-16,19,28H,6-9,12-13H2,1-5H3,(H2,27,29,30,31,32,33)/t19-/m0/s1. The van der Waals surface area contributed by atoms with Gasteiger partial charge in [-0.1, -0.05) is 26.7 Å². The maximum Gasteiger partial charge on any atom is 0.229 e. The van der Waals surface area contributed by atoms with E-state index in [-0.39, 0.29) is 11.8 Å². The number of aryl methyl sites for hydroxylation is 2. The Morgan fingerprint density at radius 1 is 1.18 bits per heavy atom. The van der Waals surface area contributed by atoms with Gasteiger partial charge in [0.25, 0.3) is 0 Å². The molecule has 1 aromatic carbocycles. The summed E-state index contributed by atoms with van der Waals surface area (Å²) in [7, 11) is 1.66. The number of nitrogens with one attached hydrogen (secondary N) is 3. The van der Waals surface area contributed by atoms with Crippen molar-refractivity contribution in [2.24, 2.45) is 10.9 Å². The molecular weight excluding hydrogens is 428 g/mol. The summed E-state index contributed by atoms with van der Waals surface area (Å²) in [4.78, 5) is 29.8. The fourth-order valence-electron chi connectivity index (χ4n) is 3.98. The molecule has 0 radical (unpaired) electrons. The zero-order valence-corrected chi connectivity index (χ0v) is 20.9. The monoisotopic (exact) mass is 464 g/mol. The molecule has 0 aliphatic heterocycles. The molecule has 2 aromatic heterocycles. The van der Waals surface area contributed by atoms with Crippen LogP contribution in [-0.2, 0) is 11.2 Å². The lowest BCUT2D eigenvalue weighted by molar-refractivity contribution is -0.123. The predicted molar refractivity (Wildman–Crippen MR) is 137 cm³/mol. The number of benzene rings is 1. The van der Waals surface area contributed by atoms with E-state index in [1.807, 2.05) is 51.2 Å². The quantitative estimate of drug-likeness (QED) is 0.292. The van der Waals surface area contributed by atoms with Crippen LogP contribution >= 0.6 is 0 Å². The number of aromatic nitrogens is 3. The topological polar surface area (TPSA) is 104 Å².